The molecule has 1 aromatic heterocycles. The molecule has 1 aliphatic heterocycles. The summed E-state index contributed by atoms with van der Waals surface area (Å²) < 4.78 is 0. The van der Waals surface area contributed by atoms with E-state index in [2.05, 4.69) is 44.4 Å². The third-order valence-corrected chi connectivity index (χ3v) is 4.10. The molecule has 0 radical (unpaired) electrons. The van der Waals surface area contributed by atoms with E-state index in [-0.39, 0.29) is 5.91 Å². The molecular formula is C18H22N4O. The molecule has 0 bridgehead atoms. The maximum absolute atomic E-state index is 11.4. The minimum absolute atomic E-state index is 0.0123. The summed E-state index contributed by atoms with van der Waals surface area (Å²) >= 11 is 0. The van der Waals surface area contributed by atoms with Crippen molar-refractivity contribution in [3.8, 4) is 0 Å². The van der Waals surface area contributed by atoms with Crippen molar-refractivity contribution in [3.05, 3.63) is 48.7 Å². The maximum Gasteiger partial charge on any atom is 0.225 e. The van der Waals surface area contributed by atoms with Crippen molar-refractivity contribution in [2.45, 2.75) is 13.3 Å². The lowest BCUT2D eigenvalue weighted by Crippen LogP contribution is -2.46. The third kappa shape index (κ3) is 3.80. The van der Waals surface area contributed by atoms with E-state index in [4.69, 9.17) is 0 Å². The summed E-state index contributed by atoms with van der Waals surface area (Å²) in [6.07, 6.45) is 2.30. The molecule has 5 nitrogen and oxygen atoms in total. The molecule has 2 heterocycles. The van der Waals surface area contributed by atoms with Gasteiger partial charge in [0.25, 0.3) is 0 Å². The van der Waals surface area contributed by atoms with Crippen LogP contribution in [0.15, 0.2) is 48.7 Å². The van der Waals surface area contributed by atoms with Gasteiger partial charge in [0, 0.05) is 38.3 Å². The van der Waals surface area contributed by atoms with Gasteiger partial charge in [0.05, 0.1) is 11.9 Å². The van der Waals surface area contributed by atoms with Crippen molar-refractivity contribution >= 4 is 23.1 Å². The molecule has 0 saturated carbocycles. The summed E-state index contributed by atoms with van der Waals surface area (Å²) in [4.78, 5) is 20.4. The van der Waals surface area contributed by atoms with Crippen LogP contribution in [0.25, 0.3) is 0 Å². The van der Waals surface area contributed by atoms with E-state index >= 15 is 0 Å². The summed E-state index contributed by atoms with van der Waals surface area (Å²) in [6.45, 7) is 5.76. The molecule has 120 valence electrons. The van der Waals surface area contributed by atoms with Crippen LogP contribution in [0.5, 0.6) is 0 Å². The van der Waals surface area contributed by atoms with Crippen molar-refractivity contribution in [1.29, 1.82) is 0 Å². The fraction of sp³-hybridized carbons (Fsp3) is 0.333. The van der Waals surface area contributed by atoms with Crippen molar-refractivity contribution in [2.75, 3.05) is 41.3 Å². The molecule has 0 spiro atoms. The number of carbonyl (C=O) groups excluding carboxylic acids is 1. The number of anilines is 3. The Labute approximate surface area is 136 Å². The summed E-state index contributed by atoms with van der Waals surface area (Å²) in [7, 11) is 0. The Balaban J connectivity index is 1.58. The van der Waals surface area contributed by atoms with Gasteiger partial charge in [-0.3, -0.25) is 4.79 Å². The number of amides is 1. The zero-order valence-electron chi connectivity index (χ0n) is 13.4. The van der Waals surface area contributed by atoms with E-state index in [1.165, 1.54) is 5.69 Å². The molecule has 0 aliphatic carbocycles. The fourth-order valence-corrected chi connectivity index (χ4v) is 2.74. The van der Waals surface area contributed by atoms with E-state index in [0.29, 0.717) is 12.2 Å². The molecule has 0 unspecified atom stereocenters. The fourth-order valence-electron chi connectivity index (χ4n) is 2.74. The van der Waals surface area contributed by atoms with E-state index in [1.807, 2.05) is 31.3 Å². The van der Waals surface area contributed by atoms with E-state index in [1.54, 1.807) is 0 Å². The lowest BCUT2D eigenvalue weighted by molar-refractivity contribution is -0.115. The molecule has 1 fully saturated rings. The quantitative estimate of drug-likeness (QED) is 0.943. The van der Waals surface area contributed by atoms with Crippen LogP contribution >= 0.6 is 0 Å². The Kier molecular flexibility index (Phi) is 4.76. The van der Waals surface area contributed by atoms with Crippen LogP contribution in [0.3, 0.4) is 0 Å². The molecule has 5 heteroatoms. The number of para-hydroxylation sites is 1. The number of aromatic nitrogens is 1. The summed E-state index contributed by atoms with van der Waals surface area (Å²) in [5.41, 5.74) is 2.38. The Hall–Kier alpha value is -2.56. The topological polar surface area (TPSA) is 48.5 Å². The van der Waals surface area contributed by atoms with Crippen LogP contribution in [0, 0.1) is 0 Å². The van der Waals surface area contributed by atoms with Gasteiger partial charge < -0.3 is 15.1 Å². The predicted molar refractivity (Wildman–Crippen MR) is 94.0 cm³/mol. The Morgan fingerprint density at radius 3 is 2.22 bits per heavy atom. The number of hydrogen-bond acceptors (Lipinski definition) is 4. The molecule has 1 N–H and O–H groups in total. The zero-order valence-corrected chi connectivity index (χ0v) is 13.4. The number of piperazine rings is 1. The minimum atomic E-state index is -0.0123. The predicted octanol–water partition coefficient (Wildman–Crippen LogP) is 2.76. The average molecular weight is 310 g/mol. The first-order chi connectivity index (χ1) is 11.3. The second kappa shape index (κ2) is 7.13. The summed E-state index contributed by atoms with van der Waals surface area (Å²) in [6, 6.07) is 14.4. The van der Waals surface area contributed by atoms with Gasteiger partial charge in [-0.25, -0.2) is 4.98 Å². The first kappa shape index (κ1) is 15.3. The summed E-state index contributed by atoms with van der Waals surface area (Å²) in [5.74, 6) is 0.602. The van der Waals surface area contributed by atoms with E-state index in [9.17, 15) is 4.79 Å². The van der Waals surface area contributed by atoms with Crippen molar-refractivity contribution < 1.29 is 4.79 Å². The second-order valence-corrected chi connectivity index (χ2v) is 5.61. The van der Waals surface area contributed by atoms with Gasteiger partial charge in [-0.2, -0.15) is 0 Å². The SMILES string of the molecule is CCC(=O)Nc1ccc(N2CCN(c3ccccc3)CC2)cn1. The third-order valence-electron chi connectivity index (χ3n) is 4.10. The molecule has 1 amide bonds. The number of nitrogens with one attached hydrogen (secondary N) is 1. The number of pyridine rings is 1. The molecule has 2 aromatic rings. The highest BCUT2D eigenvalue weighted by Crippen LogP contribution is 2.20. The Bertz CT molecular complexity index is 634. The monoisotopic (exact) mass is 310 g/mol. The second-order valence-electron chi connectivity index (χ2n) is 5.61. The standard InChI is InChI=1S/C18H22N4O/c1-2-18(23)20-17-9-8-16(14-19-17)22-12-10-21(11-13-22)15-6-4-3-5-7-15/h3-9,14H,2,10-13H2,1H3,(H,19,20,23). The van der Waals surface area contributed by atoms with Crippen LogP contribution < -0.4 is 15.1 Å². The van der Waals surface area contributed by atoms with Gasteiger partial charge in [-0.15, -0.1) is 0 Å². The van der Waals surface area contributed by atoms with Gasteiger partial charge in [-0.05, 0) is 24.3 Å². The van der Waals surface area contributed by atoms with Crippen LogP contribution in [-0.4, -0.2) is 37.1 Å². The van der Waals surface area contributed by atoms with E-state index < -0.39 is 0 Å². The lowest BCUT2D eigenvalue weighted by Gasteiger charge is -2.37. The number of benzene rings is 1. The lowest BCUT2D eigenvalue weighted by atomic mass is 10.2. The Morgan fingerprint density at radius 1 is 1.00 bits per heavy atom. The van der Waals surface area contributed by atoms with E-state index in [0.717, 1.165) is 31.9 Å². The zero-order chi connectivity index (χ0) is 16.1. The van der Waals surface area contributed by atoms with Gasteiger partial charge >= 0.3 is 0 Å². The molecule has 3 rings (SSSR count). The first-order valence-corrected chi connectivity index (χ1v) is 8.07. The number of rotatable bonds is 4. The molecular weight excluding hydrogens is 288 g/mol. The molecule has 23 heavy (non-hydrogen) atoms. The highest BCUT2D eigenvalue weighted by Gasteiger charge is 2.17. The number of carbonyl (C=O) groups is 1. The van der Waals surface area contributed by atoms with Gasteiger partial charge in [0.1, 0.15) is 5.82 Å². The van der Waals surface area contributed by atoms with Crippen LogP contribution in [0.2, 0.25) is 0 Å². The smallest absolute Gasteiger partial charge is 0.225 e. The summed E-state index contributed by atoms with van der Waals surface area (Å²) in [5, 5.41) is 2.77. The molecule has 1 aliphatic rings. The largest absolute Gasteiger partial charge is 0.368 e. The van der Waals surface area contributed by atoms with Crippen molar-refractivity contribution in [3.63, 3.8) is 0 Å². The van der Waals surface area contributed by atoms with Crippen LogP contribution in [-0.2, 0) is 4.79 Å². The first-order valence-electron chi connectivity index (χ1n) is 8.07. The number of hydrogen-bond donors (Lipinski definition) is 1. The normalized spacial score (nSPS) is 14.7. The molecule has 0 atom stereocenters. The molecule has 1 saturated heterocycles. The number of nitrogens with zero attached hydrogens (tertiary/aromatic N) is 3. The average Bonchev–Trinajstić information content (AvgIpc) is 2.63. The van der Waals surface area contributed by atoms with Gasteiger partial charge in [0.15, 0.2) is 0 Å². The van der Waals surface area contributed by atoms with Crippen molar-refractivity contribution in [2.24, 2.45) is 0 Å². The molecule has 1 aromatic carbocycles. The van der Waals surface area contributed by atoms with Gasteiger partial charge in [0.2, 0.25) is 5.91 Å². The van der Waals surface area contributed by atoms with Crippen molar-refractivity contribution in [1.82, 2.24) is 4.98 Å². The minimum Gasteiger partial charge on any atom is -0.368 e. The maximum atomic E-state index is 11.4. The van der Waals surface area contributed by atoms with Gasteiger partial charge in [-0.1, -0.05) is 25.1 Å². The Morgan fingerprint density at radius 2 is 1.65 bits per heavy atom. The highest BCUT2D eigenvalue weighted by atomic mass is 16.1. The van der Waals surface area contributed by atoms with Crippen LogP contribution in [0.1, 0.15) is 13.3 Å². The van der Waals surface area contributed by atoms with Crippen LogP contribution in [0.4, 0.5) is 17.2 Å². The highest BCUT2D eigenvalue weighted by molar-refractivity contribution is 5.89.